The highest BCUT2D eigenvalue weighted by Crippen LogP contribution is 2.28. The zero-order valence-electron chi connectivity index (χ0n) is 32.9. The first-order valence-corrected chi connectivity index (χ1v) is 19.2. The Bertz CT molecular complexity index is 1550. The summed E-state index contributed by atoms with van der Waals surface area (Å²) in [6.45, 7) is 10.6. The molecule has 3 N–H and O–H groups in total. The van der Waals surface area contributed by atoms with Crippen LogP contribution in [0.1, 0.15) is 85.6 Å². The molecule has 3 fully saturated rings. The van der Waals surface area contributed by atoms with Crippen LogP contribution >= 0.6 is 0 Å². The van der Waals surface area contributed by atoms with Crippen LogP contribution in [0.4, 0.5) is 0 Å². The SMILES string of the molecule is CC[C@@H](C)[C@@H]1NC(=O)[C@H](Cc2ccc(OC)cc2)N(C)C(=O)[C@@H]2CCCN2C(=O)[C@@H]2CCCN2C(=O)[C@@H]([C@@H](C)CC)NC(=O)[C@@H](NC(C)=O)[C@@H](C)OC1=O. The van der Waals surface area contributed by atoms with Gasteiger partial charge in [-0.15, -0.1) is 0 Å². The highest BCUT2D eigenvalue weighted by Gasteiger charge is 2.46. The molecule has 1 aromatic carbocycles. The Labute approximate surface area is 318 Å². The van der Waals surface area contributed by atoms with E-state index >= 15 is 0 Å². The number of esters is 1. The lowest BCUT2D eigenvalue weighted by molar-refractivity contribution is -0.158. The lowest BCUT2D eigenvalue weighted by Gasteiger charge is -2.36. The second kappa shape index (κ2) is 18.6. The smallest absolute Gasteiger partial charge is 0.329 e. The molecule has 6 amide bonds. The lowest BCUT2D eigenvalue weighted by atomic mass is 9.96. The monoisotopic (exact) mass is 754 g/mol. The number of likely N-dealkylation sites (N-methyl/N-ethyl adjacent to an activating group) is 1. The van der Waals surface area contributed by atoms with E-state index < -0.39 is 83.8 Å². The fourth-order valence-corrected chi connectivity index (χ4v) is 7.51. The van der Waals surface area contributed by atoms with Gasteiger partial charge in [0.15, 0.2) is 0 Å². The molecule has 9 atom stereocenters. The molecule has 54 heavy (non-hydrogen) atoms. The van der Waals surface area contributed by atoms with Gasteiger partial charge in [0, 0.05) is 33.5 Å². The molecule has 3 saturated heterocycles. The van der Waals surface area contributed by atoms with E-state index in [0.717, 1.165) is 5.56 Å². The number of hydrogen-bond acceptors (Lipinski definition) is 9. The number of hydrogen-bond donors (Lipinski definition) is 3. The number of carbonyl (C=O) groups excluding carboxylic acids is 7. The van der Waals surface area contributed by atoms with Crippen molar-refractivity contribution in [3.05, 3.63) is 29.8 Å². The first kappa shape index (κ1) is 42.1. The largest absolute Gasteiger partial charge is 0.497 e. The van der Waals surface area contributed by atoms with Crippen molar-refractivity contribution in [2.24, 2.45) is 11.8 Å². The molecule has 298 valence electrons. The minimum atomic E-state index is -1.38. The molecule has 15 heteroatoms. The fraction of sp³-hybridized carbons (Fsp3) is 0.667. The van der Waals surface area contributed by atoms with Gasteiger partial charge < -0.3 is 40.1 Å². The average Bonchev–Trinajstić information content (AvgIpc) is 3.86. The second-order valence-electron chi connectivity index (χ2n) is 15.0. The third-order valence-electron chi connectivity index (χ3n) is 11.3. The standard InChI is InChI=1S/C39H58N6O9/c1-9-22(3)31-38(51)45-20-12-14-29(45)37(50)44-19-11-13-28(44)36(49)43(7)30(21-26-15-17-27(53-8)18-16-26)34(47)42-32(23(4)10-2)39(52)54-24(5)33(35(48)41-31)40-25(6)46/h15-18,22-24,28-33H,9-14,19-21H2,1-8H3,(H,40,46)(H,41,48)(H,42,47)/t22-,23+,24+,28-,29-,30-,31+,32-,33-/m0/s1. The summed E-state index contributed by atoms with van der Waals surface area (Å²) in [5, 5.41) is 8.22. The molecule has 0 saturated carbocycles. The van der Waals surface area contributed by atoms with Crippen LogP contribution in [0, 0.1) is 11.8 Å². The molecule has 3 aliphatic heterocycles. The Morgan fingerprint density at radius 1 is 0.852 bits per heavy atom. The van der Waals surface area contributed by atoms with Crippen molar-refractivity contribution in [1.82, 2.24) is 30.7 Å². The number of ether oxygens (including phenoxy) is 2. The molecule has 4 rings (SSSR count). The Morgan fingerprint density at radius 3 is 1.94 bits per heavy atom. The quantitative estimate of drug-likeness (QED) is 0.332. The Kier molecular flexibility index (Phi) is 14.5. The van der Waals surface area contributed by atoms with Crippen molar-refractivity contribution in [3.63, 3.8) is 0 Å². The highest BCUT2D eigenvalue weighted by molar-refractivity contribution is 5.98. The number of carbonyl (C=O) groups is 7. The number of amides is 6. The third kappa shape index (κ3) is 9.51. The molecule has 15 nitrogen and oxygen atoms in total. The van der Waals surface area contributed by atoms with Gasteiger partial charge in [-0.1, -0.05) is 52.7 Å². The van der Waals surface area contributed by atoms with Gasteiger partial charge >= 0.3 is 5.97 Å². The lowest BCUT2D eigenvalue weighted by Crippen LogP contribution is -2.61. The Balaban J connectivity index is 1.82. The van der Waals surface area contributed by atoms with Gasteiger partial charge in [0.05, 0.1) is 7.11 Å². The maximum Gasteiger partial charge on any atom is 0.329 e. The van der Waals surface area contributed by atoms with Crippen molar-refractivity contribution >= 4 is 41.4 Å². The number of fused-ring (bicyclic) bond motifs is 2. The number of cyclic esters (lactones) is 1. The number of nitrogens with one attached hydrogen (secondary N) is 3. The van der Waals surface area contributed by atoms with Gasteiger partial charge in [-0.25, -0.2) is 4.79 Å². The van der Waals surface area contributed by atoms with Crippen LogP contribution < -0.4 is 20.7 Å². The number of nitrogens with zero attached hydrogens (tertiary/aromatic N) is 3. The van der Waals surface area contributed by atoms with Gasteiger partial charge in [0.2, 0.25) is 35.4 Å². The summed E-state index contributed by atoms with van der Waals surface area (Å²) in [7, 11) is 3.07. The fourth-order valence-electron chi connectivity index (χ4n) is 7.51. The van der Waals surface area contributed by atoms with E-state index in [-0.39, 0.29) is 24.8 Å². The first-order chi connectivity index (χ1) is 25.6. The summed E-state index contributed by atoms with van der Waals surface area (Å²) in [5.41, 5.74) is 0.727. The minimum absolute atomic E-state index is 0.0874. The van der Waals surface area contributed by atoms with Crippen LogP contribution in [0.15, 0.2) is 24.3 Å². The maximum absolute atomic E-state index is 14.4. The predicted octanol–water partition coefficient (Wildman–Crippen LogP) is 1.56. The molecule has 0 aromatic heterocycles. The van der Waals surface area contributed by atoms with Crippen molar-refractivity contribution in [3.8, 4) is 5.75 Å². The molecule has 0 bridgehead atoms. The van der Waals surface area contributed by atoms with Crippen molar-refractivity contribution in [1.29, 1.82) is 0 Å². The Hall–Kier alpha value is -4.69. The van der Waals surface area contributed by atoms with Gasteiger partial charge in [-0.2, -0.15) is 0 Å². The van der Waals surface area contributed by atoms with E-state index in [1.54, 1.807) is 38.3 Å². The zero-order chi connectivity index (χ0) is 39.9. The summed E-state index contributed by atoms with van der Waals surface area (Å²) >= 11 is 0. The molecule has 0 radical (unpaired) electrons. The minimum Gasteiger partial charge on any atom is -0.497 e. The van der Waals surface area contributed by atoms with E-state index in [1.807, 2.05) is 20.8 Å². The molecular formula is C39H58N6O9. The summed E-state index contributed by atoms with van der Waals surface area (Å²) < 4.78 is 11.1. The predicted molar refractivity (Wildman–Crippen MR) is 199 cm³/mol. The average molecular weight is 755 g/mol. The van der Waals surface area contributed by atoms with Gasteiger partial charge in [-0.3, -0.25) is 28.8 Å². The zero-order valence-corrected chi connectivity index (χ0v) is 32.9. The van der Waals surface area contributed by atoms with Crippen LogP contribution in [-0.2, 0) is 44.7 Å². The second-order valence-corrected chi connectivity index (χ2v) is 15.0. The molecule has 3 aliphatic rings. The summed E-state index contributed by atoms with van der Waals surface area (Å²) in [6.07, 6.45) is 1.74. The van der Waals surface area contributed by atoms with Crippen LogP contribution in [-0.4, -0.2) is 126 Å². The highest BCUT2D eigenvalue weighted by atomic mass is 16.5. The van der Waals surface area contributed by atoms with Gasteiger partial charge in [0.1, 0.15) is 48.1 Å². The summed E-state index contributed by atoms with van der Waals surface area (Å²) in [6, 6.07) is 0.658. The Morgan fingerprint density at radius 2 is 1.39 bits per heavy atom. The van der Waals surface area contributed by atoms with Crippen molar-refractivity contribution in [2.75, 3.05) is 27.2 Å². The topological polar surface area (TPSA) is 184 Å². The maximum atomic E-state index is 14.4. The van der Waals surface area contributed by atoms with Gasteiger partial charge in [0.25, 0.3) is 0 Å². The third-order valence-corrected chi connectivity index (χ3v) is 11.3. The van der Waals surface area contributed by atoms with E-state index in [1.165, 1.54) is 35.6 Å². The van der Waals surface area contributed by atoms with E-state index in [9.17, 15) is 33.6 Å². The van der Waals surface area contributed by atoms with E-state index in [0.29, 0.717) is 50.8 Å². The molecule has 0 aliphatic carbocycles. The van der Waals surface area contributed by atoms with Crippen LogP contribution in [0.2, 0.25) is 0 Å². The molecule has 0 unspecified atom stereocenters. The normalized spacial score (nSPS) is 28.8. The number of methoxy groups -OCH3 is 1. The van der Waals surface area contributed by atoms with Gasteiger partial charge in [-0.05, 0) is 62.1 Å². The van der Waals surface area contributed by atoms with Crippen LogP contribution in [0.3, 0.4) is 0 Å². The van der Waals surface area contributed by atoms with Crippen LogP contribution in [0.5, 0.6) is 5.75 Å². The van der Waals surface area contributed by atoms with E-state index in [2.05, 4.69) is 16.0 Å². The first-order valence-electron chi connectivity index (χ1n) is 19.2. The van der Waals surface area contributed by atoms with Crippen molar-refractivity contribution < 1.29 is 43.0 Å². The molecular weight excluding hydrogens is 696 g/mol. The molecule has 1 aromatic rings. The number of benzene rings is 1. The number of rotatable bonds is 8. The van der Waals surface area contributed by atoms with E-state index in [4.69, 9.17) is 9.47 Å². The summed E-state index contributed by atoms with van der Waals surface area (Å²) in [5.74, 6) is -4.13. The molecule has 3 heterocycles. The summed E-state index contributed by atoms with van der Waals surface area (Å²) in [4.78, 5) is 102. The van der Waals surface area contributed by atoms with Crippen LogP contribution in [0.25, 0.3) is 0 Å². The van der Waals surface area contributed by atoms with Crippen molar-refractivity contribution in [2.45, 2.75) is 129 Å². The molecule has 0 spiro atoms.